The van der Waals surface area contributed by atoms with Crippen LogP contribution >= 0.6 is 11.3 Å². The number of methoxy groups -OCH3 is 1. The molecule has 1 aromatic heterocycles. The fraction of sp³-hybridized carbons (Fsp3) is 0.733. The summed E-state index contributed by atoms with van der Waals surface area (Å²) >= 11 is 1.81. The molecule has 0 radical (unpaired) electrons. The van der Waals surface area contributed by atoms with Gasteiger partial charge in [-0.25, -0.2) is 0 Å². The molecular weight excluding hydrogens is 242 g/mol. The molecule has 1 rings (SSSR count). The van der Waals surface area contributed by atoms with Crippen molar-refractivity contribution in [3.05, 3.63) is 16.3 Å². The minimum Gasteiger partial charge on any atom is -0.496 e. The highest BCUT2D eigenvalue weighted by molar-refractivity contribution is 7.10. The van der Waals surface area contributed by atoms with Crippen LogP contribution in [-0.4, -0.2) is 13.7 Å². The number of rotatable bonds is 10. The van der Waals surface area contributed by atoms with Crippen molar-refractivity contribution in [2.75, 3.05) is 13.7 Å². The molecule has 1 unspecified atom stereocenters. The second-order valence-electron chi connectivity index (χ2n) is 4.74. The number of nitrogens with one attached hydrogen (secondary N) is 1. The summed E-state index contributed by atoms with van der Waals surface area (Å²) in [4.78, 5) is 1.41. The second kappa shape index (κ2) is 9.40. The molecule has 0 bridgehead atoms. The number of unbranched alkanes of at least 4 members (excludes halogenated alkanes) is 3. The SMILES string of the molecule is CCCCCCC(NCCC)c1cc(OC)cs1. The Labute approximate surface area is 116 Å². The lowest BCUT2D eigenvalue weighted by Gasteiger charge is -2.16. The predicted molar refractivity (Wildman–Crippen MR) is 80.7 cm³/mol. The van der Waals surface area contributed by atoms with Crippen LogP contribution < -0.4 is 10.1 Å². The first-order chi connectivity index (χ1) is 8.81. The van der Waals surface area contributed by atoms with E-state index in [-0.39, 0.29) is 0 Å². The molecule has 1 heterocycles. The standard InChI is InChI=1S/C15H27NOS/c1-4-6-7-8-9-14(16-10-5-2)15-11-13(17-3)12-18-15/h11-12,14,16H,4-10H2,1-3H3. The molecule has 0 saturated carbocycles. The molecule has 3 heteroatoms. The van der Waals surface area contributed by atoms with Crippen LogP contribution in [0.5, 0.6) is 5.75 Å². The molecular formula is C15H27NOS. The van der Waals surface area contributed by atoms with Crippen LogP contribution in [0.2, 0.25) is 0 Å². The molecule has 0 spiro atoms. The summed E-state index contributed by atoms with van der Waals surface area (Å²) in [6, 6.07) is 2.69. The van der Waals surface area contributed by atoms with E-state index in [2.05, 4.69) is 30.6 Å². The van der Waals surface area contributed by atoms with Crippen molar-refractivity contribution < 1.29 is 4.74 Å². The van der Waals surface area contributed by atoms with Crippen molar-refractivity contribution in [1.82, 2.24) is 5.32 Å². The highest BCUT2D eigenvalue weighted by Crippen LogP contribution is 2.29. The molecule has 0 aliphatic carbocycles. The zero-order chi connectivity index (χ0) is 13.2. The molecule has 0 amide bonds. The minimum absolute atomic E-state index is 0.510. The van der Waals surface area contributed by atoms with Gasteiger partial charge in [0.2, 0.25) is 0 Å². The topological polar surface area (TPSA) is 21.3 Å². The molecule has 2 nitrogen and oxygen atoms in total. The molecule has 18 heavy (non-hydrogen) atoms. The Morgan fingerprint density at radius 2 is 2.06 bits per heavy atom. The van der Waals surface area contributed by atoms with Crippen LogP contribution in [0.25, 0.3) is 0 Å². The Morgan fingerprint density at radius 3 is 2.67 bits per heavy atom. The van der Waals surface area contributed by atoms with Crippen molar-refractivity contribution in [3.63, 3.8) is 0 Å². The third-order valence-electron chi connectivity index (χ3n) is 3.16. The quantitative estimate of drug-likeness (QED) is 0.618. The molecule has 104 valence electrons. The van der Waals surface area contributed by atoms with Gasteiger partial charge in [0, 0.05) is 16.3 Å². The van der Waals surface area contributed by atoms with Crippen molar-refractivity contribution in [2.45, 2.75) is 58.4 Å². The average Bonchev–Trinajstić information content (AvgIpc) is 2.86. The summed E-state index contributed by atoms with van der Waals surface area (Å²) in [7, 11) is 1.74. The Balaban J connectivity index is 2.48. The molecule has 1 atom stereocenters. The highest BCUT2D eigenvalue weighted by Gasteiger charge is 2.13. The van der Waals surface area contributed by atoms with Gasteiger partial charge in [-0.1, -0.05) is 39.5 Å². The summed E-state index contributed by atoms with van der Waals surface area (Å²) in [5.74, 6) is 0.992. The van der Waals surface area contributed by atoms with Gasteiger partial charge in [-0.05, 0) is 25.5 Å². The Bertz CT molecular complexity index is 311. The van der Waals surface area contributed by atoms with Gasteiger partial charge in [-0.2, -0.15) is 0 Å². The predicted octanol–water partition coefficient (Wildman–Crippen LogP) is 4.77. The number of hydrogen-bond acceptors (Lipinski definition) is 3. The smallest absolute Gasteiger partial charge is 0.129 e. The maximum Gasteiger partial charge on any atom is 0.129 e. The number of ether oxygens (including phenoxy) is 1. The van der Waals surface area contributed by atoms with Crippen LogP contribution in [0, 0.1) is 0 Å². The van der Waals surface area contributed by atoms with Crippen molar-refractivity contribution in [1.29, 1.82) is 0 Å². The number of hydrogen-bond donors (Lipinski definition) is 1. The molecule has 1 N–H and O–H groups in total. The highest BCUT2D eigenvalue weighted by atomic mass is 32.1. The van der Waals surface area contributed by atoms with Crippen LogP contribution in [0.3, 0.4) is 0 Å². The summed E-state index contributed by atoms with van der Waals surface area (Å²) in [5, 5.41) is 5.75. The fourth-order valence-corrected chi connectivity index (χ4v) is 3.03. The lowest BCUT2D eigenvalue weighted by molar-refractivity contribution is 0.415. The third kappa shape index (κ3) is 5.40. The summed E-state index contributed by atoms with van der Waals surface area (Å²) in [6.45, 7) is 5.58. The van der Waals surface area contributed by atoms with Crippen molar-refractivity contribution in [3.8, 4) is 5.75 Å². The van der Waals surface area contributed by atoms with Crippen LogP contribution in [-0.2, 0) is 0 Å². The normalized spacial score (nSPS) is 12.6. The minimum atomic E-state index is 0.510. The van der Waals surface area contributed by atoms with E-state index >= 15 is 0 Å². The summed E-state index contributed by atoms with van der Waals surface area (Å²) < 4.78 is 5.28. The maximum atomic E-state index is 5.28. The largest absolute Gasteiger partial charge is 0.496 e. The zero-order valence-corrected chi connectivity index (χ0v) is 12.8. The van der Waals surface area contributed by atoms with E-state index in [1.54, 1.807) is 7.11 Å². The van der Waals surface area contributed by atoms with E-state index in [0.717, 1.165) is 12.3 Å². The summed E-state index contributed by atoms with van der Waals surface area (Å²) in [6.07, 6.45) is 7.75. The van der Waals surface area contributed by atoms with Gasteiger partial charge >= 0.3 is 0 Å². The van der Waals surface area contributed by atoms with Gasteiger partial charge in [-0.3, -0.25) is 0 Å². The lowest BCUT2D eigenvalue weighted by Crippen LogP contribution is -2.21. The molecule has 0 aliphatic heterocycles. The van der Waals surface area contributed by atoms with Gasteiger partial charge in [0.25, 0.3) is 0 Å². The van der Waals surface area contributed by atoms with Gasteiger partial charge in [0.05, 0.1) is 7.11 Å². The molecule has 0 aliphatic rings. The Kier molecular flexibility index (Phi) is 8.10. The van der Waals surface area contributed by atoms with Crippen molar-refractivity contribution >= 4 is 11.3 Å². The first-order valence-electron chi connectivity index (χ1n) is 7.17. The lowest BCUT2D eigenvalue weighted by atomic mass is 10.1. The fourth-order valence-electron chi connectivity index (χ4n) is 2.06. The van der Waals surface area contributed by atoms with E-state index in [9.17, 15) is 0 Å². The van der Waals surface area contributed by atoms with E-state index in [1.807, 2.05) is 11.3 Å². The van der Waals surface area contributed by atoms with Gasteiger partial charge < -0.3 is 10.1 Å². The summed E-state index contributed by atoms with van der Waals surface area (Å²) in [5.41, 5.74) is 0. The molecule has 0 aromatic carbocycles. The van der Waals surface area contributed by atoms with Crippen LogP contribution in [0.4, 0.5) is 0 Å². The molecule has 0 saturated heterocycles. The van der Waals surface area contributed by atoms with Gasteiger partial charge in [-0.15, -0.1) is 11.3 Å². The first-order valence-corrected chi connectivity index (χ1v) is 8.05. The first kappa shape index (κ1) is 15.5. The van der Waals surface area contributed by atoms with E-state index < -0.39 is 0 Å². The van der Waals surface area contributed by atoms with Crippen LogP contribution in [0.1, 0.15) is 63.3 Å². The van der Waals surface area contributed by atoms with Crippen LogP contribution in [0.15, 0.2) is 11.4 Å². The Morgan fingerprint density at radius 1 is 1.22 bits per heavy atom. The molecule has 1 aromatic rings. The van der Waals surface area contributed by atoms with Gasteiger partial charge in [0.15, 0.2) is 0 Å². The zero-order valence-electron chi connectivity index (χ0n) is 12.0. The molecule has 0 fully saturated rings. The van der Waals surface area contributed by atoms with E-state index in [0.29, 0.717) is 6.04 Å². The van der Waals surface area contributed by atoms with Crippen molar-refractivity contribution in [2.24, 2.45) is 0 Å². The number of thiophene rings is 1. The second-order valence-corrected chi connectivity index (χ2v) is 5.69. The maximum absolute atomic E-state index is 5.28. The average molecular weight is 269 g/mol. The Hall–Kier alpha value is -0.540. The van der Waals surface area contributed by atoms with Gasteiger partial charge in [0.1, 0.15) is 5.75 Å². The monoisotopic (exact) mass is 269 g/mol. The third-order valence-corrected chi connectivity index (χ3v) is 4.19. The van der Waals surface area contributed by atoms with E-state index in [4.69, 9.17) is 4.74 Å². The van der Waals surface area contributed by atoms with E-state index in [1.165, 1.54) is 43.4 Å².